The summed E-state index contributed by atoms with van der Waals surface area (Å²) in [5.41, 5.74) is 1.60. The molecule has 0 aliphatic rings. The maximum Gasteiger partial charge on any atom is 0.488 e. The molecule has 2 N–H and O–H groups in total. The molecule has 0 heterocycles. The summed E-state index contributed by atoms with van der Waals surface area (Å²) in [7, 11) is -1.40. The van der Waals surface area contributed by atoms with E-state index in [0.29, 0.717) is 5.46 Å². The smallest absolute Gasteiger partial charge is 0.423 e. The van der Waals surface area contributed by atoms with Gasteiger partial charge in [-0.25, -0.2) is 0 Å². The molecule has 0 saturated heterocycles. The molecule has 2 nitrogen and oxygen atoms in total. The molecule has 0 aromatic heterocycles. The standard InChI is InChI=1S/C13H12BBrO2S/c15-12-5-2-6-13(8-12)18-9-10-3-1-4-11(7-10)14(16)17/h1-8,16-17H,9H2. The van der Waals surface area contributed by atoms with E-state index in [9.17, 15) is 0 Å². The first-order valence-electron chi connectivity index (χ1n) is 5.48. The third kappa shape index (κ3) is 3.88. The van der Waals surface area contributed by atoms with E-state index in [2.05, 4.69) is 28.1 Å². The molecule has 2 aromatic carbocycles. The predicted molar refractivity (Wildman–Crippen MR) is 80.0 cm³/mol. The first kappa shape index (κ1) is 13.7. The highest BCUT2D eigenvalue weighted by atomic mass is 79.9. The van der Waals surface area contributed by atoms with Crippen molar-refractivity contribution in [2.75, 3.05) is 0 Å². The van der Waals surface area contributed by atoms with Gasteiger partial charge in [0, 0.05) is 15.1 Å². The van der Waals surface area contributed by atoms with Crippen LogP contribution in [0.2, 0.25) is 0 Å². The number of hydrogen-bond donors (Lipinski definition) is 2. The van der Waals surface area contributed by atoms with Crippen molar-refractivity contribution in [1.82, 2.24) is 0 Å². The predicted octanol–water partition coefficient (Wildman–Crippen LogP) is 2.42. The average molecular weight is 323 g/mol. The number of thioether (sulfide) groups is 1. The third-order valence-electron chi connectivity index (χ3n) is 2.45. The zero-order chi connectivity index (χ0) is 13.0. The fourth-order valence-corrected chi connectivity index (χ4v) is 3.02. The second-order valence-electron chi connectivity index (χ2n) is 3.86. The molecule has 0 saturated carbocycles. The minimum Gasteiger partial charge on any atom is -0.423 e. The molecule has 2 aromatic rings. The Hall–Kier alpha value is -0.745. The van der Waals surface area contributed by atoms with Gasteiger partial charge in [-0.15, -0.1) is 11.8 Å². The van der Waals surface area contributed by atoms with E-state index in [1.807, 2.05) is 30.3 Å². The summed E-state index contributed by atoms with van der Waals surface area (Å²) in [6.07, 6.45) is 0. The summed E-state index contributed by atoms with van der Waals surface area (Å²) in [6.45, 7) is 0. The first-order chi connectivity index (χ1) is 8.65. The lowest BCUT2D eigenvalue weighted by atomic mass is 9.80. The molecule has 0 spiro atoms. The number of hydrogen-bond acceptors (Lipinski definition) is 3. The Morgan fingerprint density at radius 1 is 1.06 bits per heavy atom. The molecule has 92 valence electrons. The van der Waals surface area contributed by atoms with Crippen LogP contribution in [0.4, 0.5) is 0 Å². The van der Waals surface area contributed by atoms with Crippen molar-refractivity contribution in [2.45, 2.75) is 10.6 Å². The van der Waals surface area contributed by atoms with Gasteiger partial charge in [-0.05, 0) is 29.2 Å². The summed E-state index contributed by atoms with van der Waals surface area (Å²) in [4.78, 5) is 1.18. The van der Waals surface area contributed by atoms with Gasteiger partial charge < -0.3 is 10.0 Å². The van der Waals surface area contributed by atoms with Gasteiger partial charge in [-0.2, -0.15) is 0 Å². The van der Waals surface area contributed by atoms with E-state index in [4.69, 9.17) is 10.0 Å². The minimum atomic E-state index is -1.40. The fraction of sp³-hybridized carbons (Fsp3) is 0.0769. The van der Waals surface area contributed by atoms with Gasteiger partial charge in [0.2, 0.25) is 0 Å². The average Bonchev–Trinajstić information content (AvgIpc) is 2.37. The van der Waals surface area contributed by atoms with E-state index < -0.39 is 7.12 Å². The summed E-state index contributed by atoms with van der Waals surface area (Å²) in [5.74, 6) is 0.803. The Balaban J connectivity index is 2.04. The molecule has 0 fully saturated rings. The van der Waals surface area contributed by atoms with Crippen molar-refractivity contribution in [1.29, 1.82) is 0 Å². The van der Waals surface area contributed by atoms with Gasteiger partial charge in [-0.3, -0.25) is 0 Å². The van der Waals surface area contributed by atoms with Crippen LogP contribution in [-0.4, -0.2) is 17.2 Å². The van der Waals surface area contributed by atoms with E-state index in [-0.39, 0.29) is 0 Å². The number of rotatable bonds is 4. The molecule has 2 rings (SSSR count). The molecule has 5 heteroatoms. The van der Waals surface area contributed by atoms with E-state index in [1.54, 1.807) is 17.8 Å². The van der Waals surface area contributed by atoms with Crippen molar-refractivity contribution in [3.05, 3.63) is 58.6 Å². The van der Waals surface area contributed by atoms with Gasteiger partial charge in [0.25, 0.3) is 0 Å². The molecule has 0 unspecified atom stereocenters. The number of halogens is 1. The molecule has 0 amide bonds. The van der Waals surface area contributed by atoms with Crippen molar-refractivity contribution in [3.63, 3.8) is 0 Å². The normalized spacial score (nSPS) is 10.4. The Bertz CT molecular complexity index is 534. The van der Waals surface area contributed by atoms with E-state index in [0.717, 1.165) is 15.8 Å². The van der Waals surface area contributed by atoms with Crippen LogP contribution in [0.25, 0.3) is 0 Å². The lowest BCUT2D eigenvalue weighted by molar-refractivity contribution is 0.425. The first-order valence-corrected chi connectivity index (χ1v) is 7.26. The lowest BCUT2D eigenvalue weighted by Crippen LogP contribution is -2.29. The molecule has 0 aliphatic heterocycles. The van der Waals surface area contributed by atoms with Crippen LogP contribution in [0.15, 0.2) is 57.9 Å². The highest BCUT2D eigenvalue weighted by molar-refractivity contribution is 9.10. The maximum atomic E-state index is 9.11. The summed E-state index contributed by atoms with van der Waals surface area (Å²) in [6, 6.07) is 15.5. The highest BCUT2D eigenvalue weighted by Crippen LogP contribution is 2.25. The molecular weight excluding hydrogens is 311 g/mol. The second-order valence-corrected chi connectivity index (χ2v) is 5.83. The van der Waals surface area contributed by atoms with Crippen LogP contribution in [0.5, 0.6) is 0 Å². The topological polar surface area (TPSA) is 40.5 Å². The van der Waals surface area contributed by atoms with Gasteiger partial charge in [0.1, 0.15) is 0 Å². The Labute approximate surface area is 119 Å². The van der Waals surface area contributed by atoms with Crippen molar-refractivity contribution in [3.8, 4) is 0 Å². The van der Waals surface area contributed by atoms with Gasteiger partial charge in [0.05, 0.1) is 0 Å². The zero-order valence-electron chi connectivity index (χ0n) is 9.58. The van der Waals surface area contributed by atoms with Crippen LogP contribution in [0.3, 0.4) is 0 Å². The van der Waals surface area contributed by atoms with Crippen molar-refractivity contribution >= 4 is 40.3 Å². The van der Waals surface area contributed by atoms with Gasteiger partial charge >= 0.3 is 7.12 Å². The van der Waals surface area contributed by atoms with Crippen LogP contribution in [0, 0.1) is 0 Å². The van der Waals surface area contributed by atoms with Crippen LogP contribution in [0.1, 0.15) is 5.56 Å². The molecule has 0 aliphatic carbocycles. The summed E-state index contributed by atoms with van der Waals surface area (Å²) in [5, 5.41) is 18.2. The SMILES string of the molecule is OB(O)c1cccc(CSc2cccc(Br)c2)c1. The number of benzene rings is 2. The summed E-state index contributed by atoms with van der Waals surface area (Å²) >= 11 is 5.15. The summed E-state index contributed by atoms with van der Waals surface area (Å²) < 4.78 is 1.06. The monoisotopic (exact) mass is 322 g/mol. The van der Waals surface area contributed by atoms with E-state index in [1.165, 1.54) is 4.90 Å². The molecule has 0 bridgehead atoms. The largest absolute Gasteiger partial charge is 0.488 e. The molecular formula is C13H12BBrO2S. The second kappa shape index (κ2) is 6.43. The molecule has 0 atom stereocenters. The van der Waals surface area contributed by atoms with Crippen LogP contribution >= 0.6 is 27.7 Å². The lowest BCUT2D eigenvalue weighted by Gasteiger charge is -2.05. The molecule has 0 radical (unpaired) electrons. The Kier molecular flexibility index (Phi) is 4.89. The molecule has 18 heavy (non-hydrogen) atoms. The van der Waals surface area contributed by atoms with E-state index >= 15 is 0 Å². The third-order valence-corrected chi connectivity index (χ3v) is 4.01. The van der Waals surface area contributed by atoms with Gasteiger partial charge in [0.15, 0.2) is 0 Å². The van der Waals surface area contributed by atoms with Crippen molar-refractivity contribution in [2.24, 2.45) is 0 Å². The van der Waals surface area contributed by atoms with Crippen LogP contribution < -0.4 is 5.46 Å². The quantitative estimate of drug-likeness (QED) is 0.671. The Morgan fingerprint density at radius 3 is 2.56 bits per heavy atom. The maximum absolute atomic E-state index is 9.11. The fourth-order valence-electron chi connectivity index (χ4n) is 1.57. The van der Waals surface area contributed by atoms with Crippen molar-refractivity contribution < 1.29 is 10.0 Å². The van der Waals surface area contributed by atoms with Crippen LogP contribution in [-0.2, 0) is 5.75 Å². The Morgan fingerprint density at radius 2 is 1.83 bits per heavy atom. The highest BCUT2D eigenvalue weighted by Gasteiger charge is 2.10. The minimum absolute atomic E-state index is 0.530. The van der Waals surface area contributed by atoms with Gasteiger partial charge in [-0.1, -0.05) is 46.3 Å². The zero-order valence-corrected chi connectivity index (χ0v) is 12.0.